The van der Waals surface area contributed by atoms with Gasteiger partial charge < -0.3 is 19.7 Å². The van der Waals surface area contributed by atoms with Crippen LogP contribution in [0.15, 0.2) is 114 Å². The zero-order valence-corrected chi connectivity index (χ0v) is 23.9. The third-order valence-corrected chi connectivity index (χ3v) is 6.13. The number of ether oxygens (including phenoxy) is 2. The van der Waals surface area contributed by atoms with Crippen LogP contribution in [0.4, 0.5) is 5.69 Å². The quantitative estimate of drug-likeness (QED) is 0.132. The predicted octanol–water partition coefficient (Wildman–Crippen LogP) is 5.65. The van der Waals surface area contributed by atoms with Crippen LogP contribution in [0.2, 0.25) is 0 Å². The Hall–Kier alpha value is -5.37. The first-order valence-electron chi connectivity index (χ1n) is 13.6. The molecule has 0 bridgehead atoms. The van der Waals surface area contributed by atoms with Crippen LogP contribution in [0, 0.1) is 0 Å². The monoisotopic (exact) mass is 562 g/mol. The first-order chi connectivity index (χ1) is 20.4. The third kappa shape index (κ3) is 8.56. The standard InChI is InChI=1S/C34H34N4O4/c1-4-41-32-22-27(17-20-31(32)42-24-26-11-7-5-8-12-26)23-35-37-34(40)30(36-33(39)28-13-9-6-10-14-28)21-25-15-18-29(19-16-25)38(2)3/h5-23H,4,24H2,1-3H3,(H,36,39)(H,37,40). The van der Waals surface area contributed by atoms with E-state index >= 15 is 0 Å². The molecule has 0 fully saturated rings. The molecule has 2 amide bonds. The highest BCUT2D eigenvalue weighted by atomic mass is 16.5. The smallest absolute Gasteiger partial charge is 0.287 e. The van der Waals surface area contributed by atoms with E-state index in [-0.39, 0.29) is 5.70 Å². The number of amides is 2. The largest absolute Gasteiger partial charge is 0.490 e. The lowest BCUT2D eigenvalue weighted by atomic mass is 10.1. The second kappa shape index (κ2) is 14.9. The Kier molecular flexibility index (Phi) is 10.5. The van der Waals surface area contributed by atoms with Crippen molar-refractivity contribution < 1.29 is 19.1 Å². The second-order valence-electron chi connectivity index (χ2n) is 9.48. The summed E-state index contributed by atoms with van der Waals surface area (Å²) in [5, 5.41) is 6.84. The maximum Gasteiger partial charge on any atom is 0.287 e. The summed E-state index contributed by atoms with van der Waals surface area (Å²) in [5.41, 5.74) is 6.51. The molecule has 4 rings (SSSR count). The number of anilines is 1. The molecule has 0 aliphatic carbocycles. The maximum absolute atomic E-state index is 13.2. The summed E-state index contributed by atoms with van der Waals surface area (Å²) < 4.78 is 11.7. The average Bonchev–Trinajstić information content (AvgIpc) is 3.01. The molecule has 4 aromatic carbocycles. The number of hydrogen-bond acceptors (Lipinski definition) is 6. The molecule has 8 nitrogen and oxygen atoms in total. The number of hydrogen-bond donors (Lipinski definition) is 2. The number of carbonyl (C=O) groups is 2. The normalized spacial score (nSPS) is 11.2. The Bertz CT molecular complexity index is 1530. The fourth-order valence-corrected chi connectivity index (χ4v) is 3.93. The third-order valence-electron chi connectivity index (χ3n) is 6.13. The summed E-state index contributed by atoms with van der Waals surface area (Å²) in [5.74, 6) is 0.204. The topological polar surface area (TPSA) is 92.3 Å². The van der Waals surface area contributed by atoms with Crippen molar-refractivity contribution in [3.8, 4) is 11.5 Å². The van der Waals surface area contributed by atoms with E-state index in [2.05, 4.69) is 15.8 Å². The summed E-state index contributed by atoms with van der Waals surface area (Å²) >= 11 is 0. The summed E-state index contributed by atoms with van der Waals surface area (Å²) in [6.45, 7) is 2.77. The Labute approximate surface area is 246 Å². The first-order valence-corrected chi connectivity index (χ1v) is 13.6. The molecule has 0 atom stereocenters. The van der Waals surface area contributed by atoms with Gasteiger partial charge in [-0.3, -0.25) is 9.59 Å². The van der Waals surface area contributed by atoms with Crippen LogP contribution in [0.5, 0.6) is 11.5 Å². The van der Waals surface area contributed by atoms with E-state index in [1.807, 2.05) is 92.6 Å². The van der Waals surface area contributed by atoms with Crippen LogP contribution in [-0.2, 0) is 11.4 Å². The SMILES string of the molecule is CCOc1cc(C=NNC(=O)C(=Cc2ccc(N(C)C)cc2)NC(=O)c2ccccc2)ccc1OCc1ccccc1. The van der Waals surface area contributed by atoms with E-state index in [9.17, 15) is 9.59 Å². The fraction of sp³-hybridized carbons (Fsp3) is 0.147. The number of rotatable bonds is 12. The van der Waals surface area contributed by atoms with Crippen LogP contribution in [0.25, 0.3) is 6.08 Å². The Morgan fingerprint density at radius 1 is 0.810 bits per heavy atom. The van der Waals surface area contributed by atoms with Crippen LogP contribution < -0.4 is 25.1 Å². The molecule has 0 unspecified atom stereocenters. The maximum atomic E-state index is 13.2. The molecule has 214 valence electrons. The van der Waals surface area contributed by atoms with Crippen LogP contribution in [0.1, 0.15) is 34.0 Å². The van der Waals surface area contributed by atoms with Gasteiger partial charge in [0, 0.05) is 25.3 Å². The lowest BCUT2D eigenvalue weighted by Crippen LogP contribution is -2.32. The van der Waals surface area contributed by atoms with Gasteiger partial charge in [-0.1, -0.05) is 60.7 Å². The molecule has 2 N–H and O–H groups in total. The van der Waals surface area contributed by atoms with Crippen molar-refractivity contribution >= 4 is 29.8 Å². The van der Waals surface area contributed by atoms with E-state index in [0.29, 0.717) is 35.8 Å². The highest BCUT2D eigenvalue weighted by Crippen LogP contribution is 2.29. The zero-order valence-electron chi connectivity index (χ0n) is 23.9. The van der Waals surface area contributed by atoms with E-state index in [1.54, 1.807) is 42.5 Å². The zero-order chi connectivity index (χ0) is 29.7. The molecule has 0 spiro atoms. The van der Waals surface area contributed by atoms with E-state index < -0.39 is 11.8 Å². The summed E-state index contributed by atoms with van der Waals surface area (Å²) in [6.07, 6.45) is 3.11. The molecule has 42 heavy (non-hydrogen) atoms. The molecule has 8 heteroatoms. The van der Waals surface area contributed by atoms with Crippen molar-refractivity contribution in [3.05, 3.63) is 131 Å². The Morgan fingerprint density at radius 3 is 2.14 bits per heavy atom. The van der Waals surface area contributed by atoms with Crippen molar-refractivity contribution in [2.24, 2.45) is 5.10 Å². The van der Waals surface area contributed by atoms with Crippen molar-refractivity contribution in [2.45, 2.75) is 13.5 Å². The van der Waals surface area contributed by atoms with Gasteiger partial charge in [0.15, 0.2) is 11.5 Å². The average molecular weight is 563 g/mol. The molecule has 4 aromatic rings. The van der Waals surface area contributed by atoms with E-state index in [4.69, 9.17) is 9.47 Å². The fourth-order valence-electron chi connectivity index (χ4n) is 3.93. The van der Waals surface area contributed by atoms with Gasteiger partial charge in [0.25, 0.3) is 11.8 Å². The molecule has 0 radical (unpaired) electrons. The molecule has 0 saturated carbocycles. The second-order valence-corrected chi connectivity index (χ2v) is 9.48. The summed E-state index contributed by atoms with van der Waals surface area (Å²) in [7, 11) is 3.90. The molecule has 0 aromatic heterocycles. The first kappa shape index (κ1) is 29.6. The van der Waals surface area contributed by atoms with Gasteiger partial charge in [-0.2, -0.15) is 5.10 Å². The van der Waals surface area contributed by atoms with Gasteiger partial charge in [-0.05, 0) is 72.2 Å². The molecular weight excluding hydrogens is 528 g/mol. The highest BCUT2D eigenvalue weighted by molar-refractivity contribution is 6.05. The van der Waals surface area contributed by atoms with Crippen molar-refractivity contribution in [1.82, 2.24) is 10.7 Å². The van der Waals surface area contributed by atoms with E-state index in [1.165, 1.54) is 6.21 Å². The molecule has 0 saturated heterocycles. The number of nitrogens with one attached hydrogen (secondary N) is 2. The van der Waals surface area contributed by atoms with Gasteiger partial charge in [0.05, 0.1) is 12.8 Å². The Morgan fingerprint density at radius 2 is 1.48 bits per heavy atom. The minimum absolute atomic E-state index is 0.0540. The predicted molar refractivity (Wildman–Crippen MR) is 167 cm³/mol. The lowest BCUT2D eigenvalue weighted by Gasteiger charge is -2.13. The number of carbonyl (C=O) groups excluding carboxylic acids is 2. The molecule has 0 aliphatic rings. The number of hydrazone groups is 1. The van der Waals surface area contributed by atoms with Crippen LogP contribution in [-0.4, -0.2) is 38.7 Å². The van der Waals surface area contributed by atoms with Crippen molar-refractivity contribution in [1.29, 1.82) is 0 Å². The van der Waals surface area contributed by atoms with Gasteiger partial charge in [-0.25, -0.2) is 5.43 Å². The van der Waals surface area contributed by atoms with Gasteiger partial charge in [0.1, 0.15) is 12.3 Å². The number of nitrogens with zero attached hydrogens (tertiary/aromatic N) is 2. The van der Waals surface area contributed by atoms with Crippen LogP contribution >= 0.6 is 0 Å². The van der Waals surface area contributed by atoms with Gasteiger partial charge >= 0.3 is 0 Å². The van der Waals surface area contributed by atoms with Gasteiger partial charge in [0.2, 0.25) is 0 Å². The minimum Gasteiger partial charge on any atom is -0.490 e. The van der Waals surface area contributed by atoms with Crippen LogP contribution in [0.3, 0.4) is 0 Å². The van der Waals surface area contributed by atoms with Crippen molar-refractivity contribution in [2.75, 3.05) is 25.6 Å². The van der Waals surface area contributed by atoms with Crippen molar-refractivity contribution in [3.63, 3.8) is 0 Å². The summed E-state index contributed by atoms with van der Waals surface area (Å²) in [6, 6.07) is 31.6. The Balaban J connectivity index is 1.49. The van der Waals surface area contributed by atoms with Gasteiger partial charge in [-0.15, -0.1) is 0 Å². The molecule has 0 aliphatic heterocycles. The molecular formula is C34H34N4O4. The lowest BCUT2D eigenvalue weighted by molar-refractivity contribution is -0.117. The highest BCUT2D eigenvalue weighted by Gasteiger charge is 2.14. The summed E-state index contributed by atoms with van der Waals surface area (Å²) in [4.78, 5) is 28.0. The van der Waals surface area contributed by atoms with E-state index in [0.717, 1.165) is 16.8 Å². The number of benzene rings is 4. The molecule has 0 heterocycles. The minimum atomic E-state index is -0.569.